The Bertz CT molecular complexity index is 427. The second-order valence-electron chi connectivity index (χ2n) is 5.47. The van der Waals surface area contributed by atoms with E-state index in [2.05, 4.69) is 5.32 Å². The molecule has 1 amide bonds. The number of nitrogens with one attached hydrogen (secondary N) is 1. The third kappa shape index (κ3) is 5.71. The lowest BCUT2D eigenvalue weighted by Crippen LogP contribution is -2.26. The molecule has 1 saturated carbocycles. The zero-order chi connectivity index (χ0) is 14.9. The molecule has 21 heavy (non-hydrogen) atoms. The van der Waals surface area contributed by atoms with E-state index in [0.717, 1.165) is 18.6 Å². The second kappa shape index (κ2) is 9.11. The van der Waals surface area contributed by atoms with E-state index in [0.29, 0.717) is 12.6 Å². The first-order valence-electron chi connectivity index (χ1n) is 7.83. The van der Waals surface area contributed by atoms with Gasteiger partial charge in [0.15, 0.2) is 0 Å². The molecule has 0 aliphatic heterocycles. The molecule has 0 spiro atoms. The summed E-state index contributed by atoms with van der Waals surface area (Å²) in [5.74, 6) is 0.000296. The summed E-state index contributed by atoms with van der Waals surface area (Å²) in [5.41, 5.74) is 0.723. The van der Waals surface area contributed by atoms with E-state index in [1.165, 1.54) is 37.0 Å². The van der Waals surface area contributed by atoms with Crippen molar-refractivity contribution in [2.75, 3.05) is 19.4 Å². The van der Waals surface area contributed by atoms with Crippen LogP contribution in [0.15, 0.2) is 29.2 Å². The first-order chi connectivity index (χ1) is 10.3. The van der Waals surface area contributed by atoms with Crippen molar-refractivity contribution in [2.45, 2.75) is 49.5 Å². The van der Waals surface area contributed by atoms with Gasteiger partial charge in [-0.25, -0.2) is 0 Å². The Morgan fingerprint density at radius 2 is 1.95 bits per heavy atom. The molecule has 1 aliphatic carbocycles. The predicted molar refractivity (Wildman–Crippen MR) is 88.0 cm³/mol. The fraction of sp³-hybridized carbons (Fsp3) is 0.588. The van der Waals surface area contributed by atoms with Crippen LogP contribution in [-0.4, -0.2) is 31.4 Å². The smallest absolute Gasteiger partial charge is 0.251 e. The zero-order valence-corrected chi connectivity index (χ0v) is 13.6. The van der Waals surface area contributed by atoms with Gasteiger partial charge in [0.25, 0.3) is 5.91 Å². The monoisotopic (exact) mass is 307 g/mol. The minimum Gasteiger partial charge on any atom is -0.378 e. The molecule has 0 unspecified atom stereocenters. The van der Waals surface area contributed by atoms with Crippen molar-refractivity contribution in [1.82, 2.24) is 5.32 Å². The summed E-state index contributed by atoms with van der Waals surface area (Å²) < 4.78 is 5.85. The first-order valence-corrected chi connectivity index (χ1v) is 9.06. The maximum absolute atomic E-state index is 12.0. The molecule has 0 saturated heterocycles. The summed E-state index contributed by atoms with van der Waals surface area (Å²) in [7, 11) is 0. The molecule has 0 aromatic heterocycles. The maximum atomic E-state index is 12.0. The SMILES string of the molecule is CSc1ccc(C(=O)NCCCOC2CCCCC2)cc1. The average Bonchev–Trinajstić information content (AvgIpc) is 2.55. The molecule has 2 rings (SSSR count). The number of hydrogen-bond donors (Lipinski definition) is 1. The third-order valence-corrected chi connectivity index (χ3v) is 4.61. The minimum atomic E-state index is 0.000296. The average molecular weight is 307 g/mol. The Labute approximate surface area is 131 Å². The van der Waals surface area contributed by atoms with Gasteiger partial charge in [-0.05, 0) is 49.8 Å². The number of carbonyl (C=O) groups is 1. The molecule has 1 aromatic carbocycles. The Kier molecular flexibility index (Phi) is 7.10. The van der Waals surface area contributed by atoms with Crippen LogP contribution >= 0.6 is 11.8 Å². The molecule has 0 heterocycles. The quantitative estimate of drug-likeness (QED) is 0.614. The molecule has 1 aromatic rings. The van der Waals surface area contributed by atoms with Crippen molar-refractivity contribution in [3.05, 3.63) is 29.8 Å². The number of hydrogen-bond acceptors (Lipinski definition) is 3. The van der Waals surface area contributed by atoms with E-state index in [4.69, 9.17) is 4.74 Å². The van der Waals surface area contributed by atoms with E-state index < -0.39 is 0 Å². The highest BCUT2D eigenvalue weighted by Crippen LogP contribution is 2.20. The van der Waals surface area contributed by atoms with Crippen molar-refractivity contribution in [1.29, 1.82) is 0 Å². The molecule has 1 fully saturated rings. The van der Waals surface area contributed by atoms with Gasteiger partial charge < -0.3 is 10.1 Å². The Hall–Kier alpha value is -1.00. The number of carbonyl (C=O) groups excluding carboxylic acids is 1. The molecule has 4 heteroatoms. The highest BCUT2D eigenvalue weighted by atomic mass is 32.2. The summed E-state index contributed by atoms with van der Waals surface area (Å²) >= 11 is 1.68. The molecule has 3 nitrogen and oxygen atoms in total. The fourth-order valence-corrected chi connectivity index (χ4v) is 3.01. The van der Waals surface area contributed by atoms with Gasteiger partial charge in [0.1, 0.15) is 0 Å². The van der Waals surface area contributed by atoms with Gasteiger partial charge in [-0.1, -0.05) is 19.3 Å². The number of amides is 1. The van der Waals surface area contributed by atoms with E-state index in [-0.39, 0.29) is 5.91 Å². The highest BCUT2D eigenvalue weighted by molar-refractivity contribution is 7.98. The lowest BCUT2D eigenvalue weighted by molar-refractivity contribution is 0.0273. The number of rotatable bonds is 7. The van der Waals surface area contributed by atoms with Crippen LogP contribution in [0.4, 0.5) is 0 Å². The van der Waals surface area contributed by atoms with E-state index in [1.807, 2.05) is 30.5 Å². The van der Waals surface area contributed by atoms with Crippen LogP contribution in [0.1, 0.15) is 48.9 Å². The predicted octanol–water partition coefficient (Wildman–Crippen LogP) is 3.88. The molecule has 0 atom stereocenters. The molecule has 0 bridgehead atoms. The zero-order valence-electron chi connectivity index (χ0n) is 12.8. The van der Waals surface area contributed by atoms with Gasteiger partial charge in [-0.3, -0.25) is 4.79 Å². The molecule has 116 valence electrons. The highest BCUT2D eigenvalue weighted by Gasteiger charge is 2.13. The van der Waals surface area contributed by atoms with Crippen molar-refractivity contribution in [3.8, 4) is 0 Å². The summed E-state index contributed by atoms with van der Waals surface area (Å²) in [6.07, 6.45) is 9.72. The maximum Gasteiger partial charge on any atom is 0.251 e. The second-order valence-corrected chi connectivity index (χ2v) is 6.35. The Morgan fingerprint density at radius 3 is 2.62 bits per heavy atom. The molecule has 0 radical (unpaired) electrons. The van der Waals surface area contributed by atoms with Crippen LogP contribution in [-0.2, 0) is 4.74 Å². The summed E-state index contributed by atoms with van der Waals surface area (Å²) in [5, 5.41) is 2.95. The van der Waals surface area contributed by atoms with Crippen molar-refractivity contribution in [2.24, 2.45) is 0 Å². The van der Waals surface area contributed by atoms with Gasteiger partial charge in [-0.15, -0.1) is 11.8 Å². The van der Waals surface area contributed by atoms with Gasteiger partial charge in [0.05, 0.1) is 6.10 Å². The van der Waals surface area contributed by atoms with Crippen molar-refractivity contribution >= 4 is 17.7 Å². The summed E-state index contributed by atoms with van der Waals surface area (Å²) in [6.45, 7) is 1.42. The van der Waals surface area contributed by atoms with E-state index in [9.17, 15) is 4.79 Å². The van der Waals surface area contributed by atoms with Crippen molar-refractivity contribution < 1.29 is 9.53 Å². The van der Waals surface area contributed by atoms with Gasteiger partial charge >= 0.3 is 0 Å². The minimum absolute atomic E-state index is 0.000296. The standard InChI is InChI=1S/C17H25NO2S/c1-21-16-10-8-14(9-11-16)17(19)18-12-5-13-20-15-6-3-2-4-7-15/h8-11,15H,2-7,12-13H2,1H3,(H,18,19). The topological polar surface area (TPSA) is 38.3 Å². The van der Waals surface area contributed by atoms with Crippen LogP contribution in [0.3, 0.4) is 0 Å². The lowest BCUT2D eigenvalue weighted by Gasteiger charge is -2.21. The number of ether oxygens (including phenoxy) is 1. The van der Waals surface area contributed by atoms with Crippen LogP contribution in [0.25, 0.3) is 0 Å². The Balaban J connectivity index is 1.60. The largest absolute Gasteiger partial charge is 0.378 e. The van der Waals surface area contributed by atoms with Crippen molar-refractivity contribution in [3.63, 3.8) is 0 Å². The molecule has 1 N–H and O–H groups in total. The molecular formula is C17H25NO2S. The van der Waals surface area contributed by atoms with Gasteiger partial charge in [-0.2, -0.15) is 0 Å². The van der Waals surface area contributed by atoms with Gasteiger partial charge in [0, 0.05) is 23.6 Å². The molecule has 1 aliphatic rings. The van der Waals surface area contributed by atoms with E-state index >= 15 is 0 Å². The number of benzene rings is 1. The Morgan fingerprint density at radius 1 is 1.24 bits per heavy atom. The van der Waals surface area contributed by atoms with E-state index in [1.54, 1.807) is 11.8 Å². The van der Waals surface area contributed by atoms with Gasteiger partial charge in [0.2, 0.25) is 0 Å². The van der Waals surface area contributed by atoms with Crippen LogP contribution in [0, 0.1) is 0 Å². The fourth-order valence-electron chi connectivity index (χ4n) is 2.60. The number of thioether (sulfide) groups is 1. The summed E-state index contributed by atoms with van der Waals surface area (Å²) in [4.78, 5) is 13.1. The van der Waals surface area contributed by atoms with Crippen LogP contribution < -0.4 is 5.32 Å². The third-order valence-electron chi connectivity index (χ3n) is 3.86. The first kappa shape index (κ1) is 16.4. The lowest BCUT2D eigenvalue weighted by atomic mass is 9.98. The summed E-state index contributed by atoms with van der Waals surface area (Å²) in [6, 6.07) is 7.71. The molecular weight excluding hydrogens is 282 g/mol. The normalized spacial score (nSPS) is 15.9. The van der Waals surface area contributed by atoms with Crippen LogP contribution in [0.2, 0.25) is 0 Å². The van der Waals surface area contributed by atoms with Crippen LogP contribution in [0.5, 0.6) is 0 Å².